The summed E-state index contributed by atoms with van der Waals surface area (Å²) in [6.07, 6.45) is 5.39. The van der Waals surface area contributed by atoms with E-state index in [1.807, 2.05) is 24.0 Å². The third-order valence-corrected chi connectivity index (χ3v) is 4.18. The van der Waals surface area contributed by atoms with Gasteiger partial charge >= 0.3 is 0 Å². The zero-order chi connectivity index (χ0) is 13.9. The molecule has 1 aliphatic heterocycles. The Bertz CT molecular complexity index is 392. The van der Waals surface area contributed by atoms with Crippen molar-refractivity contribution >= 4 is 0 Å². The number of piperidine rings is 1. The van der Waals surface area contributed by atoms with E-state index in [0.717, 1.165) is 45.3 Å². The fourth-order valence-corrected chi connectivity index (χ4v) is 2.93. The Hall–Kier alpha value is -0.870. The molecule has 19 heavy (non-hydrogen) atoms. The third kappa shape index (κ3) is 4.05. The van der Waals surface area contributed by atoms with Crippen molar-refractivity contribution in [3.63, 3.8) is 0 Å². The van der Waals surface area contributed by atoms with E-state index < -0.39 is 5.60 Å². The first-order chi connectivity index (χ1) is 8.98. The minimum absolute atomic E-state index is 0.474. The van der Waals surface area contributed by atoms with Crippen LogP contribution in [0.1, 0.15) is 38.8 Å². The highest BCUT2D eigenvalue weighted by Crippen LogP contribution is 2.27. The second kappa shape index (κ2) is 6.06. The molecule has 0 amide bonds. The zero-order valence-corrected chi connectivity index (χ0v) is 12.5. The van der Waals surface area contributed by atoms with Crippen LogP contribution in [-0.2, 0) is 13.5 Å². The van der Waals surface area contributed by atoms with E-state index in [1.54, 1.807) is 0 Å². The molecule has 4 heteroatoms. The van der Waals surface area contributed by atoms with Crippen LogP contribution in [0.3, 0.4) is 0 Å². The van der Waals surface area contributed by atoms with Crippen molar-refractivity contribution < 1.29 is 5.11 Å². The summed E-state index contributed by atoms with van der Waals surface area (Å²) >= 11 is 0. The van der Waals surface area contributed by atoms with Crippen LogP contribution in [0.2, 0.25) is 0 Å². The highest BCUT2D eigenvalue weighted by molar-refractivity contribution is 5.02. The molecule has 1 aromatic heterocycles. The molecule has 1 N–H and O–H groups in total. The van der Waals surface area contributed by atoms with Crippen LogP contribution in [0.15, 0.2) is 12.3 Å². The normalized spacial score (nSPS) is 20.1. The topological polar surface area (TPSA) is 41.3 Å². The molecule has 0 radical (unpaired) electrons. The highest BCUT2D eigenvalue weighted by Gasteiger charge is 2.32. The van der Waals surface area contributed by atoms with E-state index in [0.29, 0.717) is 5.92 Å². The molecule has 1 saturated heterocycles. The average Bonchev–Trinajstić information content (AvgIpc) is 2.75. The summed E-state index contributed by atoms with van der Waals surface area (Å²) in [6, 6.07) is 2.04. The maximum absolute atomic E-state index is 10.7. The number of hydrogen-bond acceptors (Lipinski definition) is 3. The van der Waals surface area contributed by atoms with Gasteiger partial charge in [0.1, 0.15) is 0 Å². The van der Waals surface area contributed by atoms with Crippen molar-refractivity contribution in [3.05, 3.63) is 18.0 Å². The van der Waals surface area contributed by atoms with Crippen LogP contribution in [-0.4, -0.2) is 45.0 Å². The Balaban J connectivity index is 1.80. The van der Waals surface area contributed by atoms with E-state index in [-0.39, 0.29) is 0 Å². The zero-order valence-electron chi connectivity index (χ0n) is 12.5. The molecule has 0 unspecified atom stereocenters. The van der Waals surface area contributed by atoms with E-state index >= 15 is 0 Å². The second-order valence-electron chi connectivity index (χ2n) is 6.36. The molecule has 2 rings (SSSR count). The fourth-order valence-electron chi connectivity index (χ4n) is 2.93. The first kappa shape index (κ1) is 14.5. The van der Waals surface area contributed by atoms with Crippen LogP contribution in [0.4, 0.5) is 0 Å². The summed E-state index contributed by atoms with van der Waals surface area (Å²) in [5.41, 5.74) is 0.732. The number of rotatable bonds is 5. The number of aryl methyl sites for hydroxylation is 2. The van der Waals surface area contributed by atoms with Gasteiger partial charge in [0.2, 0.25) is 0 Å². The monoisotopic (exact) mass is 265 g/mol. The molecule has 1 aliphatic rings. The SMILES string of the molecule is CC(C)CN1CCC(O)(CCc2ccnn2C)CC1. The smallest absolute Gasteiger partial charge is 0.0675 e. The van der Waals surface area contributed by atoms with Crippen molar-refractivity contribution in [1.29, 1.82) is 0 Å². The molecule has 0 spiro atoms. The summed E-state index contributed by atoms with van der Waals surface area (Å²) < 4.78 is 1.90. The molecule has 0 bridgehead atoms. The minimum Gasteiger partial charge on any atom is -0.390 e. The molecule has 0 aliphatic carbocycles. The molecule has 0 atom stereocenters. The van der Waals surface area contributed by atoms with Crippen LogP contribution in [0.5, 0.6) is 0 Å². The summed E-state index contributed by atoms with van der Waals surface area (Å²) in [6.45, 7) is 7.71. The van der Waals surface area contributed by atoms with Crippen LogP contribution >= 0.6 is 0 Å². The van der Waals surface area contributed by atoms with Gasteiger partial charge < -0.3 is 10.0 Å². The first-order valence-corrected chi connectivity index (χ1v) is 7.40. The maximum atomic E-state index is 10.7. The Kier molecular flexibility index (Phi) is 4.63. The fraction of sp³-hybridized carbons (Fsp3) is 0.800. The Labute approximate surface area is 116 Å². The third-order valence-electron chi connectivity index (χ3n) is 4.18. The lowest BCUT2D eigenvalue weighted by Gasteiger charge is -2.39. The van der Waals surface area contributed by atoms with Gasteiger partial charge in [-0.15, -0.1) is 0 Å². The molecule has 0 aromatic carbocycles. The van der Waals surface area contributed by atoms with Gasteiger partial charge in [-0.3, -0.25) is 4.68 Å². The largest absolute Gasteiger partial charge is 0.390 e. The van der Waals surface area contributed by atoms with Gasteiger partial charge in [-0.2, -0.15) is 5.10 Å². The molecule has 1 aromatic rings. The van der Waals surface area contributed by atoms with Crippen molar-refractivity contribution in [2.75, 3.05) is 19.6 Å². The van der Waals surface area contributed by atoms with Crippen molar-refractivity contribution in [3.8, 4) is 0 Å². The molecule has 2 heterocycles. The number of aliphatic hydroxyl groups is 1. The van der Waals surface area contributed by atoms with E-state index in [1.165, 1.54) is 5.69 Å². The van der Waals surface area contributed by atoms with E-state index in [2.05, 4.69) is 23.8 Å². The van der Waals surface area contributed by atoms with Crippen molar-refractivity contribution in [1.82, 2.24) is 14.7 Å². The number of aromatic nitrogens is 2. The molecule has 4 nitrogen and oxygen atoms in total. The van der Waals surface area contributed by atoms with Gasteiger partial charge in [-0.25, -0.2) is 0 Å². The Morgan fingerprint density at radius 2 is 2.05 bits per heavy atom. The van der Waals surface area contributed by atoms with Crippen molar-refractivity contribution in [2.24, 2.45) is 13.0 Å². The lowest BCUT2D eigenvalue weighted by atomic mass is 9.86. The number of likely N-dealkylation sites (tertiary alicyclic amines) is 1. The van der Waals surface area contributed by atoms with Gasteiger partial charge in [0.15, 0.2) is 0 Å². The minimum atomic E-state index is -0.474. The predicted molar refractivity (Wildman–Crippen MR) is 77.0 cm³/mol. The first-order valence-electron chi connectivity index (χ1n) is 7.40. The Morgan fingerprint density at radius 3 is 2.58 bits per heavy atom. The molecular weight excluding hydrogens is 238 g/mol. The van der Waals surface area contributed by atoms with Gasteiger partial charge in [-0.1, -0.05) is 13.8 Å². The molecule has 0 saturated carbocycles. The van der Waals surface area contributed by atoms with Crippen LogP contribution in [0, 0.1) is 5.92 Å². The Morgan fingerprint density at radius 1 is 1.37 bits per heavy atom. The summed E-state index contributed by atoms with van der Waals surface area (Å²) in [4.78, 5) is 2.48. The van der Waals surface area contributed by atoms with Gasteiger partial charge in [0.25, 0.3) is 0 Å². The van der Waals surface area contributed by atoms with Crippen molar-refractivity contribution in [2.45, 2.75) is 45.1 Å². The summed E-state index contributed by atoms with van der Waals surface area (Å²) in [7, 11) is 1.96. The number of nitrogens with zero attached hydrogens (tertiary/aromatic N) is 3. The lowest BCUT2D eigenvalue weighted by molar-refractivity contribution is -0.0295. The quantitative estimate of drug-likeness (QED) is 0.883. The van der Waals surface area contributed by atoms with Gasteiger partial charge in [-0.05, 0) is 37.7 Å². The molecule has 108 valence electrons. The standard InChI is InChI=1S/C15H27N3O/c1-13(2)12-18-10-7-15(19,8-11-18)6-4-14-5-9-16-17(14)3/h5,9,13,19H,4,6-8,10-12H2,1-3H3. The molecular formula is C15H27N3O. The maximum Gasteiger partial charge on any atom is 0.0675 e. The lowest BCUT2D eigenvalue weighted by Crippen LogP contribution is -2.45. The highest BCUT2D eigenvalue weighted by atomic mass is 16.3. The summed E-state index contributed by atoms with van der Waals surface area (Å²) in [5, 5.41) is 14.8. The predicted octanol–water partition coefficient (Wildman–Crippen LogP) is 1.84. The van der Waals surface area contributed by atoms with E-state index in [4.69, 9.17) is 0 Å². The second-order valence-corrected chi connectivity index (χ2v) is 6.36. The number of hydrogen-bond donors (Lipinski definition) is 1. The molecule has 1 fully saturated rings. The van der Waals surface area contributed by atoms with Gasteiger partial charge in [0, 0.05) is 38.6 Å². The summed E-state index contributed by atoms with van der Waals surface area (Å²) in [5.74, 6) is 0.709. The average molecular weight is 265 g/mol. The van der Waals surface area contributed by atoms with E-state index in [9.17, 15) is 5.11 Å². The van der Waals surface area contributed by atoms with Crippen LogP contribution < -0.4 is 0 Å². The van der Waals surface area contributed by atoms with Crippen LogP contribution in [0.25, 0.3) is 0 Å². The van der Waals surface area contributed by atoms with Gasteiger partial charge in [0.05, 0.1) is 5.60 Å².